The Bertz CT molecular complexity index is 243. The van der Waals surface area contributed by atoms with Gasteiger partial charge in [0.1, 0.15) is 0 Å². The van der Waals surface area contributed by atoms with Crippen LogP contribution in [0.5, 0.6) is 0 Å². The predicted octanol–water partition coefficient (Wildman–Crippen LogP) is 2.19. The number of rotatable bonds is 4. The Hall–Kier alpha value is -0.220. The van der Waals surface area contributed by atoms with Gasteiger partial charge in [0, 0.05) is 11.3 Å². The fourth-order valence-electron chi connectivity index (χ4n) is 2.10. The van der Waals surface area contributed by atoms with Crippen LogP contribution in [0, 0.1) is 5.41 Å². The van der Waals surface area contributed by atoms with Crippen LogP contribution in [0.3, 0.4) is 0 Å². The highest BCUT2D eigenvalue weighted by molar-refractivity contribution is 8.00. The van der Waals surface area contributed by atoms with Crippen molar-refractivity contribution in [2.75, 3.05) is 12.4 Å². The molecule has 1 aliphatic rings. The molecule has 0 aromatic heterocycles. The summed E-state index contributed by atoms with van der Waals surface area (Å²) in [7, 11) is 0. The summed E-state index contributed by atoms with van der Waals surface area (Å²) in [6, 6.07) is 0.229. The monoisotopic (exact) mass is 245 g/mol. The van der Waals surface area contributed by atoms with Crippen molar-refractivity contribution in [3.05, 3.63) is 0 Å². The van der Waals surface area contributed by atoms with E-state index in [1.165, 1.54) is 6.42 Å². The van der Waals surface area contributed by atoms with Crippen molar-refractivity contribution >= 4 is 17.7 Å². The molecule has 2 unspecified atom stereocenters. The molecule has 0 spiro atoms. The van der Waals surface area contributed by atoms with Crippen LogP contribution >= 0.6 is 11.8 Å². The molecule has 1 rings (SSSR count). The molecule has 0 heterocycles. The molecule has 2 atom stereocenters. The largest absolute Gasteiger partial charge is 0.465 e. The minimum Gasteiger partial charge on any atom is -0.465 e. The molecule has 1 aliphatic carbocycles. The van der Waals surface area contributed by atoms with E-state index in [1.807, 2.05) is 6.92 Å². The Morgan fingerprint density at radius 2 is 2.25 bits per heavy atom. The van der Waals surface area contributed by atoms with Gasteiger partial charge in [-0.15, -0.1) is 11.8 Å². The zero-order valence-electron chi connectivity index (χ0n) is 10.5. The summed E-state index contributed by atoms with van der Waals surface area (Å²) in [5.41, 5.74) is 6.45. The van der Waals surface area contributed by atoms with E-state index in [-0.39, 0.29) is 12.0 Å². The van der Waals surface area contributed by atoms with E-state index in [0.717, 1.165) is 12.8 Å². The first-order valence-corrected chi connectivity index (χ1v) is 7.02. The lowest BCUT2D eigenvalue weighted by atomic mass is 9.75. The van der Waals surface area contributed by atoms with Crippen LogP contribution in [-0.2, 0) is 9.53 Å². The Balaban J connectivity index is 2.37. The van der Waals surface area contributed by atoms with Gasteiger partial charge >= 0.3 is 5.97 Å². The quantitative estimate of drug-likeness (QED) is 0.771. The molecule has 1 fully saturated rings. The summed E-state index contributed by atoms with van der Waals surface area (Å²) >= 11 is 1.66. The predicted molar refractivity (Wildman–Crippen MR) is 68.5 cm³/mol. The molecule has 0 aliphatic heterocycles. The second kappa shape index (κ2) is 5.92. The normalized spacial score (nSPS) is 28.8. The third kappa shape index (κ3) is 4.34. The SMILES string of the molecule is CCOC(=O)CSC1CC(C)(C)CCC1N. The first kappa shape index (κ1) is 13.8. The fraction of sp³-hybridized carbons (Fsp3) is 0.917. The third-order valence-electron chi connectivity index (χ3n) is 3.11. The third-order valence-corrected chi connectivity index (χ3v) is 4.45. The first-order chi connectivity index (χ1) is 7.44. The Morgan fingerprint density at radius 3 is 2.88 bits per heavy atom. The summed E-state index contributed by atoms with van der Waals surface area (Å²) < 4.78 is 4.92. The fourth-order valence-corrected chi connectivity index (χ4v) is 3.49. The van der Waals surface area contributed by atoms with E-state index >= 15 is 0 Å². The molecular formula is C12H23NO2S. The number of nitrogens with two attached hydrogens (primary N) is 1. The minimum absolute atomic E-state index is 0.122. The second-order valence-electron chi connectivity index (χ2n) is 5.23. The zero-order valence-corrected chi connectivity index (χ0v) is 11.3. The number of hydrogen-bond donors (Lipinski definition) is 1. The number of ether oxygens (including phenoxy) is 1. The van der Waals surface area contributed by atoms with Crippen LogP contribution in [0.1, 0.15) is 40.0 Å². The van der Waals surface area contributed by atoms with Crippen LogP contribution in [-0.4, -0.2) is 29.6 Å². The molecular weight excluding hydrogens is 222 g/mol. The maximum atomic E-state index is 11.3. The molecule has 0 aromatic rings. The lowest BCUT2D eigenvalue weighted by Crippen LogP contribution is -2.41. The highest BCUT2D eigenvalue weighted by Crippen LogP contribution is 2.39. The van der Waals surface area contributed by atoms with E-state index < -0.39 is 0 Å². The van der Waals surface area contributed by atoms with Crippen molar-refractivity contribution < 1.29 is 9.53 Å². The number of thioether (sulfide) groups is 1. The highest BCUT2D eigenvalue weighted by Gasteiger charge is 2.33. The van der Waals surface area contributed by atoms with Gasteiger partial charge in [0.05, 0.1) is 12.4 Å². The molecule has 2 N–H and O–H groups in total. The van der Waals surface area contributed by atoms with Gasteiger partial charge < -0.3 is 10.5 Å². The summed E-state index contributed by atoms with van der Waals surface area (Å²) in [5.74, 6) is 0.311. The van der Waals surface area contributed by atoms with Gasteiger partial charge in [-0.1, -0.05) is 13.8 Å². The van der Waals surface area contributed by atoms with Crippen LogP contribution in [0.25, 0.3) is 0 Å². The summed E-state index contributed by atoms with van der Waals surface area (Å²) in [5, 5.41) is 0.396. The van der Waals surface area contributed by atoms with Gasteiger partial charge in [-0.25, -0.2) is 0 Å². The minimum atomic E-state index is -0.122. The molecule has 16 heavy (non-hydrogen) atoms. The van der Waals surface area contributed by atoms with Crippen molar-refractivity contribution in [1.29, 1.82) is 0 Å². The Labute approximate surface area is 102 Å². The average Bonchev–Trinajstić information content (AvgIpc) is 2.20. The molecule has 0 aromatic carbocycles. The number of carbonyl (C=O) groups excluding carboxylic acids is 1. The maximum absolute atomic E-state index is 11.3. The second-order valence-corrected chi connectivity index (χ2v) is 6.45. The van der Waals surface area contributed by atoms with Gasteiger partial charge in [-0.2, -0.15) is 0 Å². The zero-order chi connectivity index (χ0) is 12.2. The van der Waals surface area contributed by atoms with E-state index in [2.05, 4.69) is 13.8 Å². The molecule has 0 saturated heterocycles. The van der Waals surface area contributed by atoms with E-state index in [0.29, 0.717) is 23.0 Å². The molecule has 1 saturated carbocycles. The van der Waals surface area contributed by atoms with Crippen molar-refractivity contribution in [3.8, 4) is 0 Å². The molecule has 4 heteroatoms. The van der Waals surface area contributed by atoms with Crippen molar-refractivity contribution in [2.45, 2.75) is 51.3 Å². The average molecular weight is 245 g/mol. The Kier molecular flexibility index (Phi) is 5.12. The smallest absolute Gasteiger partial charge is 0.315 e. The topological polar surface area (TPSA) is 52.3 Å². The van der Waals surface area contributed by atoms with Gasteiger partial charge in [0.15, 0.2) is 0 Å². The van der Waals surface area contributed by atoms with Crippen molar-refractivity contribution in [3.63, 3.8) is 0 Å². The molecule has 3 nitrogen and oxygen atoms in total. The van der Waals surface area contributed by atoms with Crippen molar-refractivity contribution in [2.24, 2.45) is 11.1 Å². The first-order valence-electron chi connectivity index (χ1n) is 5.97. The van der Waals surface area contributed by atoms with Crippen molar-refractivity contribution in [1.82, 2.24) is 0 Å². The highest BCUT2D eigenvalue weighted by atomic mass is 32.2. The summed E-state index contributed by atoms with van der Waals surface area (Å²) in [6.45, 7) is 6.84. The summed E-state index contributed by atoms with van der Waals surface area (Å²) in [4.78, 5) is 11.3. The van der Waals surface area contributed by atoms with Gasteiger partial charge in [0.2, 0.25) is 0 Å². The van der Waals surface area contributed by atoms with E-state index in [4.69, 9.17) is 10.5 Å². The Morgan fingerprint density at radius 1 is 1.56 bits per heavy atom. The van der Waals surface area contributed by atoms with Gasteiger partial charge in [-0.3, -0.25) is 4.79 Å². The van der Waals surface area contributed by atoms with Crippen LogP contribution in [0.4, 0.5) is 0 Å². The molecule has 94 valence electrons. The van der Waals surface area contributed by atoms with Crippen LogP contribution < -0.4 is 5.73 Å². The van der Waals surface area contributed by atoms with Gasteiger partial charge in [-0.05, 0) is 31.6 Å². The van der Waals surface area contributed by atoms with E-state index in [1.54, 1.807) is 11.8 Å². The number of esters is 1. The standard InChI is InChI=1S/C12H23NO2S/c1-4-15-11(14)8-16-10-7-12(2,3)6-5-9(10)13/h9-10H,4-8,13H2,1-3H3. The van der Waals surface area contributed by atoms with Crippen LogP contribution in [0.2, 0.25) is 0 Å². The molecule has 0 radical (unpaired) electrons. The lowest BCUT2D eigenvalue weighted by Gasteiger charge is -2.38. The summed E-state index contributed by atoms with van der Waals surface area (Å²) in [6.07, 6.45) is 3.34. The molecule has 0 bridgehead atoms. The lowest BCUT2D eigenvalue weighted by molar-refractivity contribution is -0.139. The maximum Gasteiger partial charge on any atom is 0.315 e. The molecule has 0 amide bonds. The van der Waals surface area contributed by atoms with Crippen LogP contribution in [0.15, 0.2) is 0 Å². The van der Waals surface area contributed by atoms with E-state index in [9.17, 15) is 4.79 Å². The number of hydrogen-bond acceptors (Lipinski definition) is 4. The van der Waals surface area contributed by atoms with Gasteiger partial charge in [0.25, 0.3) is 0 Å². The number of carbonyl (C=O) groups is 1.